The van der Waals surface area contributed by atoms with Gasteiger partial charge in [0.05, 0.1) is 6.61 Å². The lowest BCUT2D eigenvalue weighted by molar-refractivity contribution is 0.124. The van der Waals surface area contributed by atoms with E-state index in [1.807, 2.05) is 0 Å². The third kappa shape index (κ3) is 0.971. The maximum absolute atomic E-state index is 9.53. The molecule has 1 N–H and O–H groups in total. The SMILES string of the molecule is CC1=C(CO)C[C@]2(C)CC[C@H]3[C@H](C)CC[C@]132. The van der Waals surface area contributed by atoms with E-state index in [4.69, 9.17) is 0 Å². The van der Waals surface area contributed by atoms with Crippen molar-refractivity contribution < 1.29 is 5.11 Å². The van der Waals surface area contributed by atoms with Crippen molar-refractivity contribution in [2.24, 2.45) is 22.7 Å². The van der Waals surface area contributed by atoms with E-state index in [1.165, 1.54) is 37.7 Å². The average Bonchev–Trinajstić information content (AvgIpc) is 2.80. The molecule has 0 amide bonds. The molecule has 0 saturated heterocycles. The van der Waals surface area contributed by atoms with Crippen molar-refractivity contribution in [1.82, 2.24) is 0 Å². The molecule has 90 valence electrons. The summed E-state index contributed by atoms with van der Waals surface area (Å²) >= 11 is 0. The van der Waals surface area contributed by atoms with Gasteiger partial charge >= 0.3 is 0 Å². The van der Waals surface area contributed by atoms with Crippen molar-refractivity contribution >= 4 is 0 Å². The first-order chi connectivity index (χ1) is 7.55. The van der Waals surface area contributed by atoms with E-state index in [0.29, 0.717) is 17.4 Å². The third-order valence-electron chi connectivity index (χ3n) is 6.39. The summed E-state index contributed by atoms with van der Waals surface area (Å²) in [6.45, 7) is 7.53. The van der Waals surface area contributed by atoms with Crippen LogP contribution in [0.15, 0.2) is 11.1 Å². The fourth-order valence-electron chi connectivity index (χ4n) is 5.56. The molecule has 0 heterocycles. The first-order valence-electron chi connectivity index (χ1n) is 6.85. The van der Waals surface area contributed by atoms with Gasteiger partial charge in [0, 0.05) is 5.41 Å². The number of aliphatic hydroxyl groups excluding tert-OH is 1. The van der Waals surface area contributed by atoms with Gasteiger partial charge in [-0.3, -0.25) is 0 Å². The van der Waals surface area contributed by atoms with Crippen molar-refractivity contribution in [3.63, 3.8) is 0 Å². The van der Waals surface area contributed by atoms with E-state index in [2.05, 4.69) is 20.8 Å². The highest BCUT2D eigenvalue weighted by Gasteiger charge is 2.64. The van der Waals surface area contributed by atoms with Crippen LogP contribution in [0.25, 0.3) is 0 Å². The van der Waals surface area contributed by atoms with E-state index in [9.17, 15) is 5.11 Å². The molecule has 3 rings (SSSR count). The van der Waals surface area contributed by atoms with Crippen LogP contribution in [0.1, 0.15) is 52.9 Å². The Morgan fingerprint density at radius 2 is 2.06 bits per heavy atom. The monoisotopic (exact) mass is 220 g/mol. The summed E-state index contributed by atoms with van der Waals surface area (Å²) in [6.07, 6.45) is 6.75. The van der Waals surface area contributed by atoms with Crippen LogP contribution < -0.4 is 0 Å². The fourth-order valence-corrected chi connectivity index (χ4v) is 5.56. The Morgan fingerprint density at radius 3 is 2.75 bits per heavy atom. The second-order valence-electron chi connectivity index (χ2n) is 6.76. The Kier molecular flexibility index (Phi) is 2.12. The Morgan fingerprint density at radius 1 is 1.31 bits per heavy atom. The van der Waals surface area contributed by atoms with Gasteiger partial charge in [0.1, 0.15) is 0 Å². The minimum absolute atomic E-state index is 0.296. The molecule has 0 aliphatic heterocycles. The second kappa shape index (κ2) is 3.13. The van der Waals surface area contributed by atoms with Crippen molar-refractivity contribution in [3.05, 3.63) is 11.1 Å². The van der Waals surface area contributed by atoms with Crippen LogP contribution in [-0.4, -0.2) is 11.7 Å². The molecule has 0 bridgehead atoms. The molecule has 16 heavy (non-hydrogen) atoms. The van der Waals surface area contributed by atoms with Gasteiger partial charge in [-0.25, -0.2) is 0 Å². The lowest BCUT2D eigenvalue weighted by atomic mass is 9.63. The van der Waals surface area contributed by atoms with Crippen LogP contribution in [0.2, 0.25) is 0 Å². The molecule has 3 aliphatic rings. The Hall–Kier alpha value is -0.300. The zero-order valence-electron chi connectivity index (χ0n) is 10.8. The molecule has 0 radical (unpaired) electrons. The van der Waals surface area contributed by atoms with Gasteiger partial charge in [-0.1, -0.05) is 19.4 Å². The molecule has 4 atom stereocenters. The maximum atomic E-state index is 9.53. The average molecular weight is 220 g/mol. The number of allylic oxidation sites excluding steroid dienone is 1. The molecule has 2 saturated carbocycles. The second-order valence-corrected chi connectivity index (χ2v) is 6.76. The van der Waals surface area contributed by atoms with Gasteiger partial charge in [0.2, 0.25) is 0 Å². The first-order valence-corrected chi connectivity index (χ1v) is 6.85. The quantitative estimate of drug-likeness (QED) is 0.670. The normalized spacial score (nSPS) is 51.0. The highest BCUT2D eigenvalue weighted by molar-refractivity contribution is 5.37. The lowest BCUT2D eigenvalue weighted by Gasteiger charge is -2.40. The van der Waals surface area contributed by atoms with Crippen LogP contribution in [0.5, 0.6) is 0 Å². The number of aliphatic hydroxyl groups is 1. The summed E-state index contributed by atoms with van der Waals surface area (Å²) in [7, 11) is 0. The van der Waals surface area contributed by atoms with Gasteiger partial charge in [-0.15, -0.1) is 0 Å². The van der Waals surface area contributed by atoms with E-state index < -0.39 is 0 Å². The van der Waals surface area contributed by atoms with Crippen LogP contribution in [-0.2, 0) is 0 Å². The molecule has 3 aliphatic carbocycles. The Bertz CT molecular complexity index is 356. The summed E-state index contributed by atoms with van der Waals surface area (Å²) < 4.78 is 0. The smallest absolute Gasteiger partial charge is 0.0644 e. The number of hydrogen-bond donors (Lipinski definition) is 1. The first kappa shape index (κ1) is 10.8. The molecule has 2 fully saturated rings. The molecule has 1 nitrogen and oxygen atoms in total. The van der Waals surface area contributed by atoms with Crippen LogP contribution in [0, 0.1) is 22.7 Å². The molecule has 0 aromatic heterocycles. The molecule has 1 spiro atoms. The van der Waals surface area contributed by atoms with Crippen LogP contribution in [0.3, 0.4) is 0 Å². The minimum atomic E-state index is 0.296. The molecule has 0 unspecified atom stereocenters. The highest BCUT2D eigenvalue weighted by Crippen LogP contribution is 2.73. The van der Waals surface area contributed by atoms with E-state index in [1.54, 1.807) is 5.57 Å². The Labute approximate surface area is 98.9 Å². The summed E-state index contributed by atoms with van der Waals surface area (Å²) in [5, 5.41) is 9.53. The van der Waals surface area contributed by atoms with Crippen LogP contribution >= 0.6 is 0 Å². The predicted molar refractivity (Wildman–Crippen MR) is 66.1 cm³/mol. The summed E-state index contributed by atoms with van der Waals surface area (Å²) in [6, 6.07) is 0. The predicted octanol–water partition coefficient (Wildman–Crippen LogP) is 3.53. The van der Waals surface area contributed by atoms with Crippen molar-refractivity contribution in [1.29, 1.82) is 0 Å². The van der Waals surface area contributed by atoms with Gasteiger partial charge < -0.3 is 5.11 Å². The highest BCUT2D eigenvalue weighted by atomic mass is 16.3. The topological polar surface area (TPSA) is 20.2 Å². The molecular weight excluding hydrogens is 196 g/mol. The maximum Gasteiger partial charge on any atom is 0.0644 e. The van der Waals surface area contributed by atoms with Crippen molar-refractivity contribution in [2.45, 2.75) is 52.9 Å². The van der Waals surface area contributed by atoms with E-state index in [-0.39, 0.29) is 0 Å². The van der Waals surface area contributed by atoms with Crippen molar-refractivity contribution in [2.75, 3.05) is 6.61 Å². The van der Waals surface area contributed by atoms with E-state index >= 15 is 0 Å². The lowest BCUT2D eigenvalue weighted by Crippen LogP contribution is -2.34. The zero-order chi connectivity index (χ0) is 11.6. The summed E-state index contributed by atoms with van der Waals surface area (Å²) in [4.78, 5) is 0. The molecule has 1 heteroatoms. The Balaban J connectivity index is 2.12. The third-order valence-corrected chi connectivity index (χ3v) is 6.39. The zero-order valence-corrected chi connectivity index (χ0v) is 10.8. The van der Waals surface area contributed by atoms with Crippen molar-refractivity contribution in [3.8, 4) is 0 Å². The number of rotatable bonds is 1. The van der Waals surface area contributed by atoms with Gasteiger partial charge in [-0.2, -0.15) is 0 Å². The standard InChI is InChI=1S/C15H24O/c1-10-4-7-15-11(2)12(9-16)8-14(15,3)6-5-13(10)15/h10,13,16H,4-9H2,1-3H3/t10-,13+,14+,15+/m1/s1. The minimum Gasteiger partial charge on any atom is -0.392 e. The summed E-state index contributed by atoms with van der Waals surface area (Å²) in [5.41, 5.74) is 3.89. The molecular formula is C15H24O. The van der Waals surface area contributed by atoms with E-state index in [0.717, 1.165) is 11.8 Å². The van der Waals surface area contributed by atoms with Crippen LogP contribution in [0.4, 0.5) is 0 Å². The van der Waals surface area contributed by atoms with Gasteiger partial charge in [-0.05, 0) is 61.9 Å². The largest absolute Gasteiger partial charge is 0.392 e. The van der Waals surface area contributed by atoms with Gasteiger partial charge in [0.15, 0.2) is 0 Å². The molecule has 0 aromatic rings. The molecule has 0 aromatic carbocycles. The van der Waals surface area contributed by atoms with Gasteiger partial charge in [0.25, 0.3) is 0 Å². The fraction of sp³-hybridized carbons (Fsp3) is 0.867. The number of hydrogen-bond acceptors (Lipinski definition) is 1. The summed E-state index contributed by atoms with van der Waals surface area (Å²) in [5.74, 6) is 1.80.